The van der Waals surface area contributed by atoms with E-state index >= 15 is 0 Å². The van der Waals surface area contributed by atoms with Crippen LogP contribution in [-0.4, -0.2) is 24.5 Å². The van der Waals surface area contributed by atoms with Gasteiger partial charge in [-0.05, 0) is 49.7 Å². The molecule has 0 unspecified atom stereocenters. The molecule has 0 saturated heterocycles. The molecule has 0 aliphatic heterocycles. The van der Waals surface area contributed by atoms with Crippen LogP contribution in [0, 0.1) is 0 Å². The van der Waals surface area contributed by atoms with Crippen LogP contribution >= 0.6 is 0 Å². The SMILES string of the molecule is CC(C)Oc1ccc(C(=O)NNC(=O)COc2ccccc2-c2ccccc2)cc1. The number of para-hydroxylation sites is 1. The molecule has 0 radical (unpaired) electrons. The molecule has 30 heavy (non-hydrogen) atoms. The summed E-state index contributed by atoms with van der Waals surface area (Å²) in [5.41, 5.74) is 7.03. The predicted octanol–water partition coefficient (Wildman–Crippen LogP) is 3.98. The van der Waals surface area contributed by atoms with Crippen molar-refractivity contribution in [1.29, 1.82) is 0 Å². The number of amides is 2. The molecule has 0 atom stereocenters. The van der Waals surface area contributed by atoms with Crippen molar-refractivity contribution in [3.63, 3.8) is 0 Å². The Labute approximate surface area is 175 Å². The van der Waals surface area contributed by atoms with E-state index in [9.17, 15) is 9.59 Å². The van der Waals surface area contributed by atoms with Crippen LogP contribution in [0.15, 0.2) is 78.9 Å². The van der Waals surface area contributed by atoms with Crippen LogP contribution in [0.4, 0.5) is 0 Å². The van der Waals surface area contributed by atoms with E-state index < -0.39 is 11.8 Å². The highest BCUT2D eigenvalue weighted by atomic mass is 16.5. The third kappa shape index (κ3) is 5.85. The molecule has 0 heterocycles. The van der Waals surface area contributed by atoms with Crippen molar-refractivity contribution in [2.45, 2.75) is 20.0 Å². The fourth-order valence-electron chi connectivity index (χ4n) is 2.78. The van der Waals surface area contributed by atoms with Crippen molar-refractivity contribution in [3.8, 4) is 22.6 Å². The van der Waals surface area contributed by atoms with Gasteiger partial charge in [0.2, 0.25) is 0 Å². The standard InChI is InChI=1S/C24H24N2O4/c1-17(2)30-20-14-12-19(13-15-20)24(28)26-25-23(27)16-29-22-11-7-6-10-21(22)18-8-4-3-5-9-18/h3-15,17H,16H2,1-2H3,(H,25,27)(H,26,28). The van der Waals surface area contributed by atoms with Crippen LogP contribution in [0.25, 0.3) is 11.1 Å². The summed E-state index contributed by atoms with van der Waals surface area (Å²) >= 11 is 0. The van der Waals surface area contributed by atoms with Crippen LogP contribution in [0.3, 0.4) is 0 Å². The van der Waals surface area contributed by atoms with Gasteiger partial charge in [-0.2, -0.15) is 0 Å². The number of benzene rings is 3. The summed E-state index contributed by atoms with van der Waals surface area (Å²) < 4.78 is 11.2. The molecule has 3 aromatic rings. The lowest BCUT2D eigenvalue weighted by atomic mass is 10.1. The Bertz CT molecular complexity index is 986. The van der Waals surface area contributed by atoms with Gasteiger partial charge in [0.15, 0.2) is 6.61 Å². The quantitative estimate of drug-likeness (QED) is 0.584. The summed E-state index contributed by atoms with van der Waals surface area (Å²) in [4.78, 5) is 24.3. The third-order valence-corrected chi connectivity index (χ3v) is 4.13. The number of ether oxygens (including phenoxy) is 2. The highest BCUT2D eigenvalue weighted by Crippen LogP contribution is 2.29. The molecular formula is C24H24N2O4. The smallest absolute Gasteiger partial charge is 0.276 e. The number of rotatable bonds is 7. The number of hydrogen-bond donors (Lipinski definition) is 2. The summed E-state index contributed by atoms with van der Waals surface area (Å²) in [6.07, 6.45) is 0.0518. The second-order valence-corrected chi connectivity index (χ2v) is 6.84. The van der Waals surface area contributed by atoms with Crippen molar-refractivity contribution in [2.24, 2.45) is 0 Å². The zero-order valence-corrected chi connectivity index (χ0v) is 16.9. The van der Waals surface area contributed by atoms with Crippen molar-refractivity contribution in [3.05, 3.63) is 84.4 Å². The van der Waals surface area contributed by atoms with E-state index in [0.29, 0.717) is 17.1 Å². The number of carbonyl (C=O) groups excluding carboxylic acids is 2. The fourth-order valence-corrected chi connectivity index (χ4v) is 2.78. The van der Waals surface area contributed by atoms with Crippen molar-refractivity contribution < 1.29 is 19.1 Å². The van der Waals surface area contributed by atoms with Gasteiger partial charge < -0.3 is 9.47 Å². The fraction of sp³-hybridized carbons (Fsp3) is 0.167. The highest BCUT2D eigenvalue weighted by Gasteiger charge is 2.10. The van der Waals surface area contributed by atoms with Crippen LogP contribution in [0.5, 0.6) is 11.5 Å². The average molecular weight is 404 g/mol. The Kier molecular flexibility index (Phi) is 7.05. The van der Waals surface area contributed by atoms with Gasteiger partial charge in [0.1, 0.15) is 11.5 Å². The minimum absolute atomic E-state index is 0.0518. The molecule has 6 heteroatoms. The minimum atomic E-state index is -0.467. The third-order valence-electron chi connectivity index (χ3n) is 4.13. The first-order chi connectivity index (χ1) is 14.5. The Morgan fingerprint density at radius 2 is 1.50 bits per heavy atom. The van der Waals surface area contributed by atoms with E-state index in [4.69, 9.17) is 9.47 Å². The van der Waals surface area contributed by atoms with Gasteiger partial charge in [0.25, 0.3) is 11.8 Å². The van der Waals surface area contributed by atoms with Gasteiger partial charge in [-0.15, -0.1) is 0 Å². The Hall–Kier alpha value is -3.80. The van der Waals surface area contributed by atoms with Crippen LogP contribution < -0.4 is 20.3 Å². The summed E-state index contributed by atoms with van der Waals surface area (Å²) in [5.74, 6) is 0.372. The van der Waals surface area contributed by atoms with E-state index in [1.807, 2.05) is 62.4 Å². The largest absolute Gasteiger partial charge is 0.491 e. The zero-order valence-electron chi connectivity index (χ0n) is 16.9. The van der Waals surface area contributed by atoms with Gasteiger partial charge >= 0.3 is 0 Å². The molecule has 0 aromatic heterocycles. The minimum Gasteiger partial charge on any atom is -0.491 e. The van der Waals surface area contributed by atoms with E-state index in [0.717, 1.165) is 11.1 Å². The van der Waals surface area contributed by atoms with E-state index in [2.05, 4.69) is 10.9 Å². The maximum Gasteiger partial charge on any atom is 0.276 e. The monoisotopic (exact) mass is 404 g/mol. The number of nitrogens with one attached hydrogen (secondary N) is 2. The highest BCUT2D eigenvalue weighted by molar-refractivity contribution is 5.95. The maximum absolute atomic E-state index is 12.2. The lowest BCUT2D eigenvalue weighted by Gasteiger charge is -2.12. The van der Waals surface area contributed by atoms with Crippen molar-refractivity contribution in [2.75, 3.05) is 6.61 Å². The number of hydrogen-bond acceptors (Lipinski definition) is 4. The molecule has 3 rings (SSSR count). The Morgan fingerprint density at radius 3 is 2.20 bits per heavy atom. The predicted molar refractivity (Wildman–Crippen MR) is 115 cm³/mol. The van der Waals surface area contributed by atoms with Crippen LogP contribution in [0.1, 0.15) is 24.2 Å². The summed E-state index contributed by atoms with van der Waals surface area (Å²) in [6.45, 7) is 3.62. The second kappa shape index (κ2) is 10.1. The second-order valence-electron chi connectivity index (χ2n) is 6.84. The first-order valence-electron chi connectivity index (χ1n) is 9.66. The molecule has 0 saturated carbocycles. The average Bonchev–Trinajstić information content (AvgIpc) is 2.77. The van der Waals surface area contributed by atoms with E-state index in [-0.39, 0.29) is 12.7 Å². The first kappa shape index (κ1) is 20.9. The number of hydrazine groups is 1. The topological polar surface area (TPSA) is 76.7 Å². The molecule has 0 aliphatic carbocycles. The lowest BCUT2D eigenvalue weighted by Crippen LogP contribution is -2.43. The molecule has 2 amide bonds. The summed E-state index contributed by atoms with van der Waals surface area (Å²) in [6, 6.07) is 23.9. The van der Waals surface area contributed by atoms with E-state index in [1.165, 1.54) is 0 Å². The molecule has 0 aliphatic rings. The summed E-state index contributed by atoms with van der Waals surface area (Å²) in [5, 5.41) is 0. The first-order valence-corrected chi connectivity index (χ1v) is 9.66. The van der Waals surface area contributed by atoms with Crippen molar-refractivity contribution >= 4 is 11.8 Å². The van der Waals surface area contributed by atoms with Gasteiger partial charge in [-0.1, -0.05) is 48.5 Å². The molecular weight excluding hydrogens is 380 g/mol. The van der Waals surface area contributed by atoms with Gasteiger partial charge in [0, 0.05) is 11.1 Å². The van der Waals surface area contributed by atoms with Gasteiger partial charge in [-0.3, -0.25) is 20.4 Å². The molecule has 2 N–H and O–H groups in total. The molecule has 6 nitrogen and oxygen atoms in total. The molecule has 0 bridgehead atoms. The maximum atomic E-state index is 12.2. The normalized spacial score (nSPS) is 10.4. The van der Waals surface area contributed by atoms with E-state index in [1.54, 1.807) is 30.3 Å². The Balaban J connectivity index is 1.52. The molecule has 0 fully saturated rings. The van der Waals surface area contributed by atoms with Gasteiger partial charge in [0.05, 0.1) is 6.10 Å². The molecule has 3 aromatic carbocycles. The Morgan fingerprint density at radius 1 is 0.833 bits per heavy atom. The molecule has 154 valence electrons. The van der Waals surface area contributed by atoms with Crippen LogP contribution in [-0.2, 0) is 4.79 Å². The summed E-state index contributed by atoms with van der Waals surface area (Å²) in [7, 11) is 0. The number of carbonyl (C=O) groups is 2. The zero-order chi connectivity index (χ0) is 21.3. The van der Waals surface area contributed by atoms with Gasteiger partial charge in [-0.25, -0.2) is 0 Å². The van der Waals surface area contributed by atoms with Crippen LogP contribution in [0.2, 0.25) is 0 Å². The van der Waals surface area contributed by atoms with Crippen molar-refractivity contribution in [1.82, 2.24) is 10.9 Å². The lowest BCUT2D eigenvalue weighted by molar-refractivity contribution is -0.123. The molecule has 0 spiro atoms.